The molecule has 0 saturated heterocycles. The predicted octanol–water partition coefficient (Wildman–Crippen LogP) is 5.89. The van der Waals surface area contributed by atoms with Gasteiger partial charge in [-0.2, -0.15) is 5.10 Å². The van der Waals surface area contributed by atoms with Gasteiger partial charge in [0, 0.05) is 0 Å². The van der Waals surface area contributed by atoms with Crippen LogP contribution in [0.5, 0.6) is 11.5 Å². The van der Waals surface area contributed by atoms with Crippen molar-refractivity contribution in [1.29, 1.82) is 0 Å². The SMILES string of the molecule is COc1cc(/C=N\Nc2nc3ccccc3[nH]2)ccc1OCc1ccc(C(C)(C)C)cc1. The molecule has 0 spiro atoms. The third-order valence-corrected chi connectivity index (χ3v) is 5.18. The maximum atomic E-state index is 6.00. The van der Waals surface area contributed by atoms with E-state index in [1.54, 1.807) is 13.3 Å². The summed E-state index contributed by atoms with van der Waals surface area (Å²) in [5.41, 5.74) is 8.21. The predicted molar refractivity (Wildman–Crippen MR) is 130 cm³/mol. The number of methoxy groups -OCH3 is 1. The zero-order valence-electron chi connectivity index (χ0n) is 18.8. The number of hydrogen-bond acceptors (Lipinski definition) is 5. The number of aromatic nitrogens is 2. The van der Waals surface area contributed by atoms with Gasteiger partial charge in [0.1, 0.15) is 6.61 Å². The first kappa shape index (κ1) is 21.4. The number of nitrogens with zero attached hydrogens (tertiary/aromatic N) is 2. The Kier molecular flexibility index (Phi) is 6.12. The Morgan fingerprint density at radius 3 is 2.50 bits per heavy atom. The van der Waals surface area contributed by atoms with E-state index < -0.39 is 0 Å². The Morgan fingerprint density at radius 1 is 1.00 bits per heavy atom. The summed E-state index contributed by atoms with van der Waals surface area (Å²) < 4.78 is 11.5. The molecule has 4 aromatic rings. The molecule has 0 bridgehead atoms. The van der Waals surface area contributed by atoms with Crippen molar-refractivity contribution < 1.29 is 9.47 Å². The third kappa shape index (κ3) is 5.09. The lowest BCUT2D eigenvalue weighted by Crippen LogP contribution is -2.10. The van der Waals surface area contributed by atoms with Crippen LogP contribution in [0.2, 0.25) is 0 Å². The van der Waals surface area contributed by atoms with E-state index in [-0.39, 0.29) is 5.41 Å². The summed E-state index contributed by atoms with van der Waals surface area (Å²) in [6.45, 7) is 7.10. The monoisotopic (exact) mass is 428 g/mol. The first-order chi connectivity index (χ1) is 15.4. The lowest BCUT2D eigenvalue weighted by atomic mass is 9.87. The van der Waals surface area contributed by atoms with Gasteiger partial charge in [0.25, 0.3) is 0 Å². The van der Waals surface area contributed by atoms with E-state index in [0.717, 1.165) is 22.2 Å². The van der Waals surface area contributed by atoms with Crippen LogP contribution in [0.1, 0.15) is 37.5 Å². The molecule has 0 fully saturated rings. The van der Waals surface area contributed by atoms with Crippen molar-refractivity contribution in [3.8, 4) is 11.5 Å². The smallest absolute Gasteiger partial charge is 0.222 e. The van der Waals surface area contributed by atoms with Crippen molar-refractivity contribution in [3.05, 3.63) is 83.4 Å². The highest BCUT2D eigenvalue weighted by Gasteiger charge is 2.13. The molecule has 0 amide bonds. The van der Waals surface area contributed by atoms with Crippen LogP contribution >= 0.6 is 0 Å². The largest absolute Gasteiger partial charge is 0.493 e. The average molecular weight is 429 g/mol. The van der Waals surface area contributed by atoms with Gasteiger partial charge >= 0.3 is 0 Å². The number of hydrogen-bond donors (Lipinski definition) is 2. The molecular weight excluding hydrogens is 400 g/mol. The van der Waals surface area contributed by atoms with E-state index >= 15 is 0 Å². The van der Waals surface area contributed by atoms with Gasteiger partial charge in [-0.15, -0.1) is 0 Å². The number of ether oxygens (including phenoxy) is 2. The number of para-hydroxylation sites is 2. The van der Waals surface area contributed by atoms with Crippen LogP contribution in [0, 0.1) is 0 Å². The van der Waals surface area contributed by atoms with Crippen molar-refractivity contribution in [2.24, 2.45) is 5.10 Å². The molecular formula is C26H28N4O2. The molecule has 0 aliphatic rings. The molecule has 3 aromatic carbocycles. The van der Waals surface area contributed by atoms with Crippen LogP contribution in [0.15, 0.2) is 71.8 Å². The van der Waals surface area contributed by atoms with Gasteiger partial charge in [-0.3, -0.25) is 0 Å². The standard InChI is InChI=1S/C26H28N4O2/c1-26(2,3)20-12-9-18(10-13-20)17-32-23-14-11-19(15-24(23)31-4)16-27-30-25-28-21-7-5-6-8-22(21)29-25/h5-16H,17H2,1-4H3,(H2,28,29,30)/b27-16-. The molecule has 0 saturated carbocycles. The fourth-order valence-corrected chi connectivity index (χ4v) is 3.32. The zero-order valence-corrected chi connectivity index (χ0v) is 18.8. The summed E-state index contributed by atoms with van der Waals surface area (Å²) in [5.74, 6) is 1.94. The fraction of sp³-hybridized carbons (Fsp3) is 0.231. The number of imidazole rings is 1. The highest BCUT2D eigenvalue weighted by Crippen LogP contribution is 2.29. The van der Waals surface area contributed by atoms with Crippen molar-refractivity contribution >= 4 is 23.2 Å². The van der Waals surface area contributed by atoms with Crippen LogP contribution in [0.25, 0.3) is 11.0 Å². The van der Waals surface area contributed by atoms with Crippen LogP contribution in [-0.2, 0) is 12.0 Å². The molecule has 6 nitrogen and oxygen atoms in total. The maximum Gasteiger partial charge on any atom is 0.222 e. The fourth-order valence-electron chi connectivity index (χ4n) is 3.32. The molecule has 0 atom stereocenters. The zero-order chi connectivity index (χ0) is 22.6. The molecule has 0 aliphatic carbocycles. The van der Waals surface area contributed by atoms with E-state index in [4.69, 9.17) is 9.47 Å². The van der Waals surface area contributed by atoms with Crippen molar-refractivity contribution in [2.45, 2.75) is 32.8 Å². The van der Waals surface area contributed by atoms with Gasteiger partial charge in [0.05, 0.1) is 24.4 Å². The van der Waals surface area contributed by atoms with E-state index in [9.17, 15) is 0 Å². The van der Waals surface area contributed by atoms with Crippen LogP contribution in [0.4, 0.5) is 5.95 Å². The van der Waals surface area contributed by atoms with Gasteiger partial charge in [-0.1, -0.05) is 57.2 Å². The van der Waals surface area contributed by atoms with Crippen LogP contribution < -0.4 is 14.9 Å². The Hall–Kier alpha value is -3.80. The van der Waals surface area contributed by atoms with Gasteiger partial charge in [-0.25, -0.2) is 10.4 Å². The minimum Gasteiger partial charge on any atom is -0.493 e. The van der Waals surface area contributed by atoms with Gasteiger partial charge in [0.15, 0.2) is 11.5 Å². The van der Waals surface area contributed by atoms with E-state index in [1.807, 2.05) is 42.5 Å². The first-order valence-electron chi connectivity index (χ1n) is 10.6. The molecule has 1 heterocycles. The van der Waals surface area contributed by atoms with Crippen LogP contribution in [0.3, 0.4) is 0 Å². The summed E-state index contributed by atoms with van der Waals surface area (Å²) >= 11 is 0. The number of aromatic amines is 1. The molecule has 0 aliphatic heterocycles. The first-order valence-corrected chi connectivity index (χ1v) is 10.6. The number of anilines is 1. The molecule has 6 heteroatoms. The van der Waals surface area contributed by atoms with E-state index in [2.05, 4.69) is 65.5 Å². The van der Waals surface area contributed by atoms with Gasteiger partial charge in [0.2, 0.25) is 5.95 Å². The number of nitrogens with one attached hydrogen (secondary N) is 2. The summed E-state index contributed by atoms with van der Waals surface area (Å²) in [4.78, 5) is 7.62. The number of rotatable bonds is 7. The molecule has 1 aromatic heterocycles. The molecule has 0 unspecified atom stereocenters. The summed E-state index contributed by atoms with van der Waals surface area (Å²) in [7, 11) is 1.63. The van der Waals surface area contributed by atoms with E-state index in [0.29, 0.717) is 24.1 Å². The second-order valence-electron chi connectivity index (χ2n) is 8.62. The Balaban J connectivity index is 1.39. The topological polar surface area (TPSA) is 71.5 Å². The summed E-state index contributed by atoms with van der Waals surface area (Å²) in [6, 6.07) is 22.1. The van der Waals surface area contributed by atoms with Gasteiger partial charge < -0.3 is 14.5 Å². The number of hydrazone groups is 1. The molecule has 4 rings (SSSR count). The molecule has 32 heavy (non-hydrogen) atoms. The maximum absolute atomic E-state index is 6.00. The number of benzene rings is 3. The van der Waals surface area contributed by atoms with Gasteiger partial charge in [-0.05, 0) is 52.4 Å². The number of fused-ring (bicyclic) bond motifs is 1. The van der Waals surface area contributed by atoms with Crippen molar-refractivity contribution in [3.63, 3.8) is 0 Å². The number of H-pyrrole nitrogens is 1. The van der Waals surface area contributed by atoms with Crippen LogP contribution in [-0.4, -0.2) is 23.3 Å². The minimum atomic E-state index is 0.138. The quantitative estimate of drug-likeness (QED) is 0.284. The lowest BCUT2D eigenvalue weighted by molar-refractivity contribution is 0.284. The van der Waals surface area contributed by atoms with Crippen molar-refractivity contribution in [2.75, 3.05) is 12.5 Å². The Bertz CT molecular complexity index is 1190. The third-order valence-electron chi connectivity index (χ3n) is 5.18. The highest BCUT2D eigenvalue weighted by molar-refractivity contribution is 5.82. The molecule has 0 radical (unpaired) electrons. The lowest BCUT2D eigenvalue weighted by Gasteiger charge is -2.19. The highest BCUT2D eigenvalue weighted by atomic mass is 16.5. The molecule has 164 valence electrons. The second-order valence-corrected chi connectivity index (χ2v) is 8.62. The van der Waals surface area contributed by atoms with E-state index in [1.165, 1.54) is 5.56 Å². The summed E-state index contributed by atoms with van der Waals surface area (Å²) in [6.07, 6.45) is 1.71. The molecule has 2 N–H and O–H groups in total. The second kappa shape index (κ2) is 9.14. The normalized spacial score (nSPS) is 11.8. The minimum absolute atomic E-state index is 0.138. The Labute approximate surface area is 188 Å². The Morgan fingerprint density at radius 2 is 1.78 bits per heavy atom. The van der Waals surface area contributed by atoms with Crippen molar-refractivity contribution in [1.82, 2.24) is 9.97 Å². The average Bonchev–Trinajstić information content (AvgIpc) is 3.20. The summed E-state index contributed by atoms with van der Waals surface area (Å²) in [5, 5.41) is 4.27.